The molecule has 2 aromatic carbocycles. The molecule has 0 aliphatic heterocycles. The molecular weight excluding hydrogens is 382 g/mol. The molecule has 2 N–H and O–H groups in total. The first kappa shape index (κ1) is 21.6. The van der Waals surface area contributed by atoms with Crippen LogP contribution in [-0.2, 0) is 6.54 Å². The quantitative estimate of drug-likeness (QED) is 0.499. The number of methoxy groups -OCH3 is 3. The van der Waals surface area contributed by atoms with Crippen molar-refractivity contribution < 1.29 is 18.9 Å². The Bertz CT molecular complexity index is 864. The van der Waals surface area contributed by atoms with E-state index in [4.69, 9.17) is 18.9 Å². The molecule has 7 nitrogen and oxygen atoms in total. The maximum absolute atomic E-state index is 6.31. The zero-order valence-electron chi connectivity index (χ0n) is 18.2. The second kappa shape index (κ2) is 10.6. The lowest BCUT2D eigenvalue weighted by atomic mass is 10.1. The molecule has 0 aromatic heterocycles. The van der Waals surface area contributed by atoms with Gasteiger partial charge < -0.3 is 29.6 Å². The summed E-state index contributed by atoms with van der Waals surface area (Å²) in [6.45, 7) is 0.548. The number of benzene rings is 2. The topological polar surface area (TPSA) is 73.3 Å². The second-order valence-electron chi connectivity index (χ2n) is 7.09. The summed E-state index contributed by atoms with van der Waals surface area (Å²) >= 11 is 0. The Kier molecular flexibility index (Phi) is 7.65. The van der Waals surface area contributed by atoms with Gasteiger partial charge in [-0.25, -0.2) is 0 Å². The number of hydrogen-bond acceptors (Lipinski definition) is 5. The molecule has 2 aromatic rings. The molecule has 0 unspecified atom stereocenters. The number of aliphatic imine (C=N–C) groups is 1. The van der Waals surface area contributed by atoms with Gasteiger partial charge in [-0.1, -0.05) is 12.1 Å². The number of nitrogens with zero attached hydrogens (tertiary/aromatic N) is 1. The Morgan fingerprint density at radius 2 is 1.70 bits per heavy atom. The number of nitrogens with one attached hydrogen (secondary N) is 2. The van der Waals surface area contributed by atoms with Crippen molar-refractivity contribution >= 4 is 11.6 Å². The number of hydrogen-bond donors (Lipinski definition) is 2. The van der Waals surface area contributed by atoms with Gasteiger partial charge in [-0.15, -0.1) is 0 Å². The van der Waals surface area contributed by atoms with Gasteiger partial charge in [-0.05, 0) is 43.9 Å². The normalized spacial score (nSPS) is 14.3. The van der Waals surface area contributed by atoms with Crippen LogP contribution in [0.2, 0.25) is 0 Å². The molecule has 0 saturated heterocycles. The minimum atomic E-state index is 0.254. The van der Waals surface area contributed by atoms with E-state index in [9.17, 15) is 0 Å². The predicted molar refractivity (Wildman–Crippen MR) is 119 cm³/mol. The molecule has 0 amide bonds. The molecule has 1 aliphatic rings. The lowest BCUT2D eigenvalue weighted by molar-refractivity contribution is 0.198. The average molecular weight is 414 g/mol. The lowest BCUT2D eigenvalue weighted by Crippen LogP contribution is -2.30. The van der Waals surface area contributed by atoms with E-state index in [1.165, 1.54) is 12.8 Å². The largest absolute Gasteiger partial charge is 0.493 e. The van der Waals surface area contributed by atoms with Crippen molar-refractivity contribution in [2.45, 2.75) is 38.3 Å². The van der Waals surface area contributed by atoms with Gasteiger partial charge in [0.25, 0.3) is 0 Å². The van der Waals surface area contributed by atoms with Crippen LogP contribution in [0, 0.1) is 0 Å². The summed E-state index contributed by atoms with van der Waals surface area (Å²) in [4.78, 5) is 4.32. The number of anilines is 1. The molecule has 0 radical (unpaired) electrons. The van der Waals surface area contributed by atoms with Gasteiger partial charge in [0.05, 0.1) is 27.4 Å². The Balaban J connectivity index is 1.70. The smallest absolute Gasteiger partial charge is 0.195 e. The molecule has 0 bridgehead atoms. The van der Waals surface area contributed by atoms with Crippen LogP contribution in [-0.4, -0.2) is 40.4 Å². The second-order valence-corrected chi connectivity index (χ2v) is 7.09. The third kappa shape index (κ3) is 5.28. The van der Waals surface area contributed by atoms with E-state index in [1.807, 2.05) is 36.4 Å². The highest BCUT2D eigenvalue weighted by Gasteiger charge is 2.20. The summed E-state index contributed by atoms with van der Waals surface area (Å²) in [7, 11) is 6.64. The summed E-state index contributed by atoms with van der Waals surface area (Å²) in [6, 6.07) is 11.6. The van der Waals surface area contributed by atoms with Crippen LogP contribution < -0.4 is 29.6 Å². The summed E-state index contributed by atoms with van der Waals surface area (Å²) in [5, 5.41) is 6.63. The maximum Gasteiger partial charge on any atom is 0.195 e. The van der Waals surface area contributed by atoms with Crippen LogP contribution in [0.25, 0.3) is 0 Å². The highest BCUT2D eigenvalue weighted by molar-refractivity contribution is 5.93. The first-order valence-corrected chi connectivity index (χ1v) is 10.2. The van der Waals surface area contributed by atoms with Gasteiger partial charge in [0.2, 0.25) is 0 Å². The fraction of sp³-hybridized carbons (Fsp3) is 0.435. The van der Waals surface area contributed by atoms with Crippen molar-refractivity contribution in [2.24, 2.45) is 4.99 Å². The number of ether oxygens (including phenoxy) is 4. The number of para-hydroxylation sites is 1. The van der Waals surface area contributed by atoms with Crippen LogP contribution in [0.4, 0.5) is 5.69 Å². The molecule has 1 fully saturated rings. The van der Waals surface area contributed by atoms with Crippen molar-refractivity contribution in [2.75, 3.05) is 33.7 Å². The molecule has 0 heterocycles. The first-order valence-electron chi connectivity index (χ1n) is 10.2. The van der Waals surface area contributed by atoms with E-state index in [-0.39, 0.29) is 6.10 Å². The maximum atomic E-state index is 6.31. The number of rotatable bonds is 8. The molecule has 30 heavy (non-hydrogen) atoms. The molecule has 1 saturated carbocycles. The molecule has 3 rings (SSSR count). The Morgan fingerprint density at radius 3 is 2.37 bits per heavy atom. The van der Waals surface area contributed by atoms with Crippen molar-refractivity contribution in [3.05, 3.63) is 42.0 Å². The summed E-state index contributed by atoms with van der Waals surface area (Å²) in [5.74, 6) is 3.52. The Hall–Kier alpha value is -3.09. The van der Waals surface area contributed by atoms with Crippen LogP contribution in [0.5, 0.6) is 23.0 Å². The van der Waals surface area contributed by atoms with E-state index in [1.54, 1.807) is 28.4 Å². The molecule has 7 heteroatoms. The van der Waals surface area contributed by atoms with Gasteiger partial charge in [0, 0.05) is 30.9 Å². The summed E-state index contributed by atoms with van der Waals surface area (Å²) < 4.78 is 22.5. The van der Waals surface area contributed by atoms with Crippen LogP contribution in [0.1, 0.15) is 31.2 Å². The van der Waals surface area contributed by atoms with Crippen molar-refractivity contribution in [1.82, 2.24) is 5.32 Å². The highest BCUT2D eigenvalue weighted by Crippen LogP contribution is 2.35. The first-order chi connectivity index (χ1) is 14.7. The van der Waals surface area contributed by atoms with Crippen molar-refractivity contribution in [1.29, 1.82) is 0 Å². The van der Waals surface area contributed by atoms with Gasteiger partial charge >= 0.3 is 0 Å². The molecular formula is C23H31N3O4. The van der Waals surface area contributed by atoms with Crippen LogP contribution in [0.15, 0.2) is 41.4 Å². The van der Waals surface area contributed by atoms with Gasteiger partial charge in [0.15, 0.2) is 29.0 Å². The Morgan fingerprint density at radius 1 is 0.967 bits per heavy atom. The average Bonchev–Trinajstić information content (AvgIpc) is 3.30. The minimum absolute atomic E-state index is 0.254. The van der Waals surface area contributed by atoms with E-state index in [2.05, 4.69) is 15.6 Å². The third-order valence-electron chi connectivity index (χ3n) is 5.18. The lowest BCUT2D eigenvalue weighted by Gasteiger charge is -2.20. The SMILES string of the molecule is CN=C(NCc1cccc(OC)c1OC1CCCC1)Nc1ccc(OC)c(OC)c1. The fourth-order valence-electron chi connectivity index (χ4n) is 3.58. The monoisotopic (exact) mass is 413 g/mol. The summed E-state index contributed by atoms with van der Waals surface area (Å²) in [6.07, 6.45) is 4.87. The zero-order chi connectivity index (χ0) is 21.3. The number of guanidine groups is 1. The molecule has 0 spiro atoms. The van der Waals surface area contributed by atoms with E-state index < -0.39 is 0 Å². The van der Waals surface area contributed by atoms with Crippen molar-refractivity contribution in [3.8, 4) is 23.0 Å². The van der Waals surface area contributed by atoms with Crippen molar-refractivity contribution in [3.63, 3.8) is 0 Å². The molecule has 1 aliphatic carbocycles. The molecule has 162 valence electrons. The van der Waals surface area contributed by atoms with Gasteiger partial charge in [-0.3, -0.25) is 4.99 Å². The third-order valence-corrected chi connectivity index (χ3v) is 5.18. The van der Waals surface area contributed by atoms with Crippen LogP contribution in [0.3, 0.4) is 0 Å². The highest BCUT2D eigenvalue weighted by atomic mass is 16.5. The minimum Gasteiger partial charge on any atom is -0.493 e. The fourth-order valence-corrected chi connectivity index (χ4v) is 3.58. The van der Waals surface area contributed by atoms with E-state index in [0.717, 1.165) is 35.6 Å². The molecule has 0 atom stereocenters. The predicted octanol–water partition coefficient (Wildman–Crippen LogP) is 4.22. The van der Waals surface area contributed by atoms with Gasteiger partial charge in [0.1, 0.15) is 0 Å². The van der Waals surface area contributed by atoms with Crippen LogP contribution >= 0.6 is 0 Å². The van der Waals surface area contributed by atoms with E-state index in [0.29, 0.717) is 24.0 Å². The standard InChI is InChI=1S/C23H31N3O4/c1-24-23(26-17-12-13-19(27-2)21(14-17)29-4)25-15-16-8-7-11-20(28-3)22(16)30-18-9-5-6-10-18/h7-8,11-14,18H,5-6,9-10,15H2,1-4H3,(H2,24,25,26). The zero-order valence-corrected chi connectivity index (χ0v) is 18.2. The van der Waals surface area contributed by atoms with E-state index >= 15 is 0 Å². The summed E-state index contributed by atoms with van der Waals surface area (Å²) in [5.41, 5.74) is 1.87. The Labute approximate surface area is 178 Å². The van der Waals surface area contributed by atoms with Gasteiger partial charge in [-0.2, -0.15) is 0 Å².